The average Bonchev–Trinajstić information content (AvgIpc) is 2.65. The Balaban J connectivity index is 2.53. The summed E-state index contributed by atoms with van der Waals surface area (Å²) in [5.41, 5.74) is 11.1. The van der Waals surface area contributed by atoms with E-state index >= 15 is 0 Å². The van der Waals surface area contributed by atoms with E-state index in [9.17, 15) is 9.59 Å². The minimum Gasteiger partial charge on any atom is -0.370 e. The molecule has 1 unspecified atom stereocenters. The van der Waals surface area contributed by atoms with E-state index in [4.69, 9.17) is 11.5 Å². The summed E-state index contributed by atoms with van der Waals surface area (Å²) in [5, 5.41) is 0. The molecule has 0 saturated heterocycles. The van der Waals surface area contributed by atoms with Crippen LogP contribution in [0, 0.1) is 0 Å². The maximum absolute atomic E-state index is 12.2. The van der Waals surface area contributed by atoms with Crippen molar-refractivity contribution in [1.82, 2.24) is 0 Å². The molecule has 0 aromatic heterocycles. The lowest BCUT2D eigenvalue weighted by Gasteiger charge is -2.21. The summed E-state index contributed by atoms with van der Waals surface area (Å²) in [6.45, 7) is 3.45. The van der Waals surface area contributed by atoms with Gasteiger partial charge < -0.3 is 16.4 Å². The second-order valence-electron chi connectivity index (χ2n) is 4.80. The summed E-state index contributed by atoms with van der Waals surface area (Å²) in [4.78, 5) is 29.1. The molecule has 1 atom stereocenters. The highest BCUT2D eigenvalue weighted by Crippen LogP contribution is 2.41. The smallest absolute Gasteiger partial charge is 0.261 e. The SMILES string of the molecule is CC(=O)N1CC(C)(C(=O)N=C(N)N)c2ccccc21. The van der Waals surface area contributed by atoms with E-state index < -0.39 is 11.3 Å². The van der Waals surface area contributed by atoms with Crippen LogP contribution in [0.4, 0.5) is 5.69 Å². The summed E-state index contributed by atoms with van der Waals surface area (Å²) >= 11 is 0. The Morgan fingerprint density at radius 1 is 1.32 bits per heavy atom. The summed E-state index contributed by atoms with van der Waals surface area (Å²) < 4.78 is 0. The zero-order valence-corrected chi connectivity index (χ0v) is 10.9. The van der Waals surface area contributed by atoms with Gasteiger partial charge in [-0.1, -0.05) is 18.2 Å². The number of rotatable bonds is 1. The molecule has 2 rings (SSSR count). The minimum absolute atomic E-state index is 0.117. The molecule has 100 valence electrons. The van der Waals surface area contributed by atoms with Crippen LogP contribution >= 0.6 is 0 Å². The molecule has 6 heteroatoms. The molecular formula is C13H16N4O2. The summed E-state index contributed by atoms with van der Waals surface area (Å²) in [5.74, 6) is -0.831. The Morgan fingerprint density at radius 3 is 2.53 bits per heavy atom. The molecule has 2 amide bonds. The van der Waals surface area contributed by atoms with Crippen LogP contribution in [0.25, 0.3) is 0 Å². The van der Waals surface area contributed by atoms with Crippen LogP contribution in [0.3, 0.4) is 0 Å². The van der Waals surface area contributed by atoms with Crippen molar-refractivity contribution in [2.75, 3.05) is 11.4 Å². The first-order valence-electron chi connectivity index (χ1n) is 5.88. The summed E-state index contributed by atoms with van der Waals surface area (Å²) in [7, 11) is 0. The standard InChI is InChI=1S/C13H16N4O2/c1-8(18)17-7-13(2,11(19)16-12(14)15)9-5-3-4-6-10(9)17/h3-6H,7H2,1-2H3,(H4,14,15,16,19). The zero-order valence-electron chi connectivity index (χ0n) is 10.9. The molecule has 0 fully saturated rings. The third-order valence-electron chi connectivity index (χ3n) is 3.35. The number of hydrogen-bond donors (Lipinski definition) is 2. The fourth-order valence-corrected chi connectivity index (χ4v) is 2.37. The first-order valence-corrected chi connectivity index (χ1v) is 5.88. The minimum atomic E-state index is -0.910. The van der Waals surface area contributed by atoms with Crippen LogP contribution in [0.2, 0.25) is 0 Å². The first-order chi connectivity index (χ1) is 8.86. The Morgan fingerprint density at radius 2 is 1.95 bits per heavy atom. The highest BCUT2D eigenvalue weighted by molar-refractivity contribution is 6.04. The molecule has 1 aromatic rings. The average molecular weight is 260 g/mol. The van der Waals surface area contributed by atoms with Gasteiger partial charge in [0.05, 0.1) is 5.41 Å². The van der Waals surface area contributed by atoms with Crippen molar-refractivity contribution in [1.29, 1.82) is 0 Å². The van der Waals surface area contributed by atoms with Gasteiger partial charge in [-0.15, -0.1) is 0 Å². The second-order valence-corrected chi connectivity index (χ2v) is 4.80. The quantitative estimate of drug-likeness (QED) is 0.552. The lowest BCUT2D eigenvalue weighted by molar-refractivity contribution is -0.122. The molecule has 19 heavy (non-hydrogen) atoms. The van der Waals surface area contributed by atoms with E-state index in [1.807, 2.05) is 24.3 Å². The maximum Gasteiger partial charge on any atom is 0.261 e. The molecule has 1 heterocycles. The van der Waals surface area contributed by atoms with Crippen molar-refractivity contribution >= 4 is 23.5 Å². The molecular weight excluding hydrogens is 244 g/mol. The number of benzene rings is 1. The van der Waals surface area contributed by atoms with Gasteiger partial charge in [0.25, 0.3) is 5.91 Å². The van der Waals surface area contributed by atoms with Crippen LogP contribution in [0.15, 0.2) is 29.3 Å². The number of guanidine groups is 1. The van der Waals surface area contributed by atoms with Gasteiger partial charge in [0, 0.05) is 19.2 Å². The van der Waals surface area contributed by atoms with Gasteiger partial charge >= 0.3 is 0 Å². The van der Waals surface area contributed by atoms with E-state index in [-0.39, 0.29) is 18.4 Å². The van der Waals surface area contributed by atoms with Gasteiger partial charge in [-0.2, -0.15) is 4.99 Å². The van der Waals surface area contributed by atoms with Crippen molar-refractivity contribution in [2.24, 2.45) is 16.5 Å². The molecule has 6 nitrogen and oxygen atoms in total. The Bertz CT molecular complexity index is 578. The van der Waals surface area contributed by atoms with E-state index in [1.54, 1.807) is 11.8 Å². The zero-order chi connectivity index (χ0) is 14.2. The third-order valence-corrected chi connectivity index (χ3v) is 3.35. The lowest BCUT2D eigenvalue weighted by atomic mass is 9.84. The van der Waals surface area contributed by atoms with E-state index in [0.717, 1.165) is 11.3 Å². The highest BCUT2D eigenvalue weighted by atomic mass is 16.2. The number of hydrogen-bond acceptors (Lipinski definition) is 2. The fourth-order valence-electron chi connectivity index (χ4n) is 2.37. The van der Waals surface area contributed by atoms with Crippen molar-refractivity contribution in [3.8, 4) is 0 Å². The normalized spacial score (nSPS) is 20.8. The van der Waals surface area contributed by atoms with Gasteiger partial charge in [0.1, 0.15) is 0 Å². The number of fused-ring (bicyclic) bond motifs is 1. The molecule has 0 radical (unpaired) electrons. The van der Waals surface area contributed by atoms with Crippen molar-refractivity contribution < 1.29 is 9.59 Å². The molecule has 1 aliphatic rings. The maximum atomic E-state index is 12.2. The molecule has 0 saturated carbocycles. The molecule has 0 bridgehead atoms. The number of anilines is 1. The van der Waals surface area contributed by atoms with Gasteiger partial charge in [0.2, 0.25) is 5.91 Å². The molecule has 0 aliphatic carbocycles. The van der Waals surface area contributed by atoms with Crippen LogP contribution in [0.5, 0.6) is 0 Å². The predicted octanol–water partition coefficient (Wildman–Crippen LogP) is 0.111. The van der Waals surface area contributed by atoms with Crippen molar-refractivity contribution in [3.63, 3.8) is 0 Å². The highest BCUT2D eigenvalue weighted by Gasteiger charge is 2.45. The van der Waals surface area contributed by atoms with Gasteiger partial charge in [-0.3, -0.25) is 9.59 Å². The Labute approximate surface area is 111 Å². The van der Waals surface area contributed by atoms with E-state index in [2.05, 4.69) is 4.99 Å². The molecule has 1 aliphatic heterocycles. The molecule has 4 N–H and O–H groups in total. The Hall–Kier alpha value is -2.37. The topological polar surface area (TPSA) is 102 Å². The van der Waals surface area contributed by atoms with Crippen molar-refractivity contribution in [3.05, 3.63) is 29.8 Å². The third kappa shape index (κ3) is 2.05. The number of carbonyl (C=O) groups is 2. The Kier molecular flexibility index (Phi) is 3.01. The lowest BCUT2D eigenvalue weighted by Crippen LogP contribution is -2.40. The van der Waals surface area contributed by atoms with Crippen LogP contribution in [-0.2, 0) is 15.0 Å². The van der Waals surface area contributed by atoms with E-state index in [1.165, 1.54) is 6.92 Å². The van der Waals surface area contributed by atoms with Gasteiger partial charge in [-0.05, 0) is 18.6 Å². The number of nitrogens with two attached hydrogens (primary N) is 2. The predicted molar refractivity (Wildman–Crippen MR) is 72.6 cm³/mol. The first kappa shape index (κ1) is 13.1. The summed E-state index contributed by atoms with van der Waals surface area (Å²) in [6.07, 6.45) is 0. The number of para-hydroxylation sites is 1. The fraction of sp³-hybridized carbons (Fsp3) is 0.308. The molecule has 1 aromatic carbocycles. The molecule has 0 spiro atoms. The monoisotopic (exact) mass is 260 g/mol. The second kappa shape index (κ2) is 4.38. The van der Waals surface area contributed by atoms with Crippen LogP contribution in [-0.4, -0.2) is 24.3 Å². The van der Waals surface area contributed by atoms with Crippen LogP contribution < -0.4 is 16.4 Å². The number of aliphatic imine (C=N–C) groups is 1. The van der Waals surface area contributed by atoms with Crippen molar-refractivity contribution in [2.45, 2.75) is 19.3 Å². The largest absolute Gasteiger partial charge is 0.370 e. The summed E-state index contributed by atoms with van der Waals surface area (Å²) in [6, 6.07) is 7.28. The number of nitrogens with zero attached hydrogens (tertiary/aromatic N) is 2. The number of carbonyl (C=O) groups excluding carboxylic acids is 2. The van der Waals surface area contributed by atoms with Gasteiger partial charge in [0.15, 0.2) is 5.96 Å². The van der Waals surface area contributed by atoms with Crippen LogP contribution in [0.1, 0.15) is 19.4 Å². The van der Waals surface area contributed by atoms with E-state index in [0.29, 0.717) is 0 Å². The van der Waals surface area contributed by atoms with Gasteiger partial charge in [-0.25, -0.2) is 0 Å². The number of amides is 2.